The van der Waals surface area contributed by atoms with E-state index < -0.39 is 0 Å². The molecule has 3 heterocycles. The Morgan fingerprint density at radius 2 is 1.96 bits per heavy atom. The van der Waals surface area contributed by atoms with E-state index in [1.807, 2.05) is 34.4 Å². The van der Waals surface area contributed by atoms with Crippen molar-refractivity contribution < 1.29 is 9.69 Å². The number of quaternary nitrogens is 1. The van der Waals surface area contributed by atoms with Gasteiger partial charge >= 0.3 is 0 Å². The van der Waals surface area contributed by atoms with E-state index in [1.54, 1.807) is 0 Å². The van der Waals surface area contributed by atoms with E-state index in [0.29, 0.717) is 18.5 Å². The number of benzene rings is 1. The summed E-state index contributed by atoms with van der Waals surface area (Å²) >= 11 is 8.13. The number of carbonyl (C=O) groups is 1. The molecule has 2 aliphatic heterocycles. The minimum Gasteiger partial charge on any atom is -0.367 e. The highest BCUT2D eigenvalue weighted by atomic mass is 35.5. The molecule has 2 aliphatic rings. The molecule has 0 bridgehead atoms. The van der Waals surface area contributed by atoms with Gasteiger partial charge in [-0.25, -0.2) is 0 Å². The minimum atomic E-state index is 0.294. The van der Waals surface area contributed by atoms with Gasteiger partial charge in [-0.2, -0.15) is 0 Å². The van der Waals surface area contributed by atoms with Crippen molar-refractivity contribution >= 4 is 34.5 Å². The average molecular weight is 391 g/mol. The number of likely N-dealkylation sites (tertiary alicyclic amines) is 1. The molecule has 0 spiro atoms. The predicted molar refractivity (Wildman–Crippen MR) is 107 cm³/mol. The number of hydrogen-bond donors (Lipinski definition) is 1. The van der Waals surface area contributed by atoms with Gasteiger partial charge in [-0.1, -0.05) is 29.8 Å². The first-order chi connectivity index (χ1) is 12.7. The van der Waals surface area contributed by atoms with E-state index in [9.17, 15) is 4.79 Å². The maximum absolute atomic E-state index is 12.8. The van der Waals surface area contributed by atoms with E-state index in [1.165, 1.54) is 22.6 Å². The summed E-state index contributed by atoms with van der Waals surface area (Å²) in [5.74, 6) is 0.294. The van der Waals surface area contributed by atoms with Crippen LogP contribution in [0.4, 0.5) is 5.69 Å². The van der Waals surface area contributed by atoms with Gasteiger partial charge in [-0.3, -0.25) is 4.79 Å². The third kappa shape index (κ3) is 3.75. The third-order valence-corrected chi connectivity index (χ3v) is 6.88. The van der Waals surface area contributed by atoms with Crippen LogP contribution in [0, 0.1) is 0 Å². The fourth-order valence-corrected chi connectivity index (χ4v) is 5.34. The van der Waals surface area contributed by atoms with E-state index in [4.69, 9.17) is 11.6 Å². The smallest absolute Gasteiger partial charge is 0.277 e. The Kier molecular flexibility index (Phi) is 5.48. The summed E-state index contributed by atoms with van der Waals surface area (Å²) in [6.07, 6.45) is 2.41. The summed E-state index contributed by atoms with van der Waals surface area (Å²) in [4.78, 5) is 20.0. The quantitative estimate of drug-likeness (QED) is 0.868. The average Bonchev–Trinajstić information content (AvgIpc) is 3.33. The lowest BCUT2D eigenvalue weighted by Gasteiger charge is -2.36. The molecular weight excluding hydrogens is 366 g/mol. The fraction of sp³-hybridized carbons (Fsp3) is 0.450. The van der Waals surface area contributed by atoms with Crippen LogP contribution in [0.2, 0.25) is 5.02 Å². The number of hydrogen-bond acceptors (Lipinski definition) is 3. The molecule has 1 unspecified atom stereocenters. The van der Waals surface area contributed by atoms with Gasteiger partial charge in [0.1, 0.15) is 6.04 Å². The van der Waals surface area contributed by atoms with Gasteiger partial charge in [-0.15, -0.1) is 11.3 Å². The number of amides is 1. The zero-order valence-electron chi connectivity index (χ0n) is 14.9. The molecule has 0 saturated carbocycles. The van der Waals surface area contributed by atoms with Crippen molar-refractivity contribution in [3.05, 3.63) is 51.7 Å². The number of anilines is 1. The number of piperazine rings is 1. The normalized spacial score (nSPS) is 23.4. The molecule has 4 nitrogen and oxygen atoms in total. The lowest BCUT2D eigenvalue weighted by molar-refractivity contribution is -0.910. The summed E-state index contributed by atoms with van der Waals surface area (Å²) in [5, 5.41) is 2.92. The Bertz CT molecular complexity index is 743. The molecule has 0 radical (unpaired) electrons. The molecule has 1 N–H and O–H groups in total. The number of para-hydroxylation sites is 1. The first-order valence-electron chi connectivity index (χ1n) is 9.37. The van der Waals surface area contributed by atoms with Crippen molar-refractivity contribution in [3.63, 3.8) is 0 Å². The largest absolute Gasteiger partial charge is 0.367 e. The summed E-state index contributed by atoms with van der Waals surface area (Å²) < 4.78 is 0. The molecule has 2 saturated heterocycles. The number of halogens is 1. The van der Waals surface area contributed by atoms with Gasteiger partial charge in [0, 0.05) is 39.0 Å². The van der Waals surface area contributed by atoms with Crippen LogP contribution in [-0.4, -0.2) is 50.1 Å². The molecule has 1 amide bonds. The molecule has 138 valence electrons. The topological polar surface area (TPSA) is 28.0 Å². The fourth-order valence-electron chi connectivity index (χ4n) is 4.17. The number of nitrogens with one attached hydrogen (secondary N) is 1. The van der Waals surface area contributed by atoms with Gasteiger partial charge in [0.25, 0.3) is 5.91 Å². The van der Waals surface area contributed by atoms with Gasteiger partial charge in [0.15, 0.2) is 6.54 Å². The van der Waals surface area contributed by atoms with Crippen molar-refractivity contribution in [1.29, 1.82) is 0 Å². The molecule has 4 rings (SSSR count). The minimum absolute atomic E-state index is 0.294. The highest BCUT2D eigenvalue weighted by molar-refractivity contribution is 7.10. The number of rotatable bonds is 4. The van der Waals surface area contributed by atoms with Crippen LogP contribution in [0.15, 0.2) is 41.8 Å². The number of nitrogens with zero attached hydrogens (tertiary/aromatic N) is 2. The Balaban J connectivity index is 1.33. The molecule has 2 aromatic rings. The molecule has 2 atom stereocenters. The van der Waals surface area contributed by atoms with Crippen LogP contribution in [0.1, 0.15) is 23.8 Å². The van der Waals surface area contributed by atoms with Gasteiger partial charge in [-0.05, 0) is 23.6 Å². The van der Waals surface area contributed by atoms with Crippen LogP contribution >= 0.6 is 22.9 Å². The van der Waals surface area contributed by atoms with Gasteiger partial charge in [0.2, 0.25) is 0 Å². The maximum Gasteiger partial charge on any atom is 0.277 e. The lowest BCUT2D eigenvalue weighted by atomic mass is 10.2. The highest BCUT2D eigenvalue weighted by Crippen LogP contribution is 2.26. The summed E-state index contributed by atoms with van der Waals surface area (Å²) in [6, 6.07) is 12.8. The number of thiophene rings is 1. The number of carbonyl (C=O) groups excluding carboxylic acids is 1. The van der Waals surface area contributed by atoms with Crippen molar-refractivity contribution in [2.75, 3.05) is 44.2 Å². The molecule has 26 heavy (non-hydrogen) atoms. The molecule has 0 aliphatic carbocycles. The second-order valence-electron chi connectivity index (χ2n) is 7.11. The van der Waals surface area contributed by atoms with E-state index >= 15 is 0 Å². The van der Waals surface area contributed by atoms with Crippen molar-refractivity contribution in [1.82, 2.24) is 4.90 Å². The summed E-state index contributed by atoms with van der Waals surface area (Å²) in [7, 11) is 0. The van der Waals surface area contributed by atoms with Crippen molar-refractivity contribution in [2.45, 2.75) is 18.9 Å². The van der Waals surface area contributed by atoms with Crippen molar-refractivity contribution in [2.24, 2.45) is 0 Å². The Labute approximate surface area is 164 Å². The summed E-state index contributed by atoms with van der Waals surface area (Å²) in [5.41, 5.74) is 1.07. The van der Waals surface area contributed by atoms with Crippen LogP contribution < -0.4 is 9.80 Å². The van der Waals surface area contributed by atoms with Crippen LogP contribution in [0.25, 0.3) is 0 Å². The van der Waals surface area contributed by atoms with E-state index in [0.717, 1.165) is 43.4 Å². The second kappa shape index (κ2) is 7.99. The Morgan fingerprint density at radius 3 is 2.69 bits per heavy atom. The highest BCUT2D eigenvalue weighted by Gasteiger charge is 2.34. The zero-order valence-corrected chi connectivity index (χ0v) is 16.4. The molecule has 6 heteroatoms. The third-order valence-electron chi connectivity index (χ3n) is 5.57. The Hall–Kier alpha value is -1.56. The summed E-state index contributed by atoms with van der Waals surface area (Å²) in [6.45, 7) is 4.98. The zero-order chi connectivity index (χ0) is 17.9. The van der Waals surface area contributed by atoms with Gasteiger partial charge in [0.05, 0.1) is 22.1 Å². The lowest BCUT2D eigenvalue weighted by Crippen LogP contribution is -3.11. The van der Waals surface area contributed by atoms with Crippen LogP contribution in [0.5, 0.6) is 0 Å². The Morgan fingerprint density at radius 1 is 1.15 bits per heavy atom. The monoisotopic (exact) mass is 390 g/mol. The van der Waals surface area contributed by atoms with Crippen LogP contribution in [-0.2, 0) is 4.79 Å². The predicted octanol–water partition coefficient (Wildman–Crippen LogP) is 2.47. The molecular formula is C20H25ClN3OS+. The molecule has 1 aromatic carbocycles. The van der Waals surface area contributed by atoms with E-state index in [2.05, 4.69) is 28.5 Å². The SMILES string of the molecule is O=C(C[NH+]1CCC[C@@H]1c1cccs1)N1CCN(c2ccccc2Cl)CC1. The van der Waals surface area contributed by atoms with Crippen molar-refractivity contribution in [3.8, 4) is 0 Å². The first-order valence-corrected chi connectivity index (χ1v) is 10.6. The first kappa shape index (κ1) is 17.8. The second-order valence-corrected chi connectivity index (χ2v) is 8.50. The molecule has 1 aromatic heterocycles. The molecule has 2 fully saturated rings. The van der Waals surface area contributed by atoms with Gasteiger partial charge < -0.3 is 14.7 Å². The maximum atomic E-state index is 12.8. The standard InChI is InChI=1S/C20H24ClN3OS/c21-16-5-1-2-6-17(16)22-10-12-23(13-11-22)20(25)15-24-9-3-7-18(24)19-8-4-14-26-19/h1-2,4-6,8,14,18H,3,7,9-13,15H2/p+1/t18-/m1/s1. The van der Waals surface area contributed by atoms with Crippen LogP contribution in [0.3, 0.4) is 0 Å². The van der Waals surface area contributed by atoms with E-state index in [-0.39, 0.29) is 0 Å².